The minimum Gasteiger partial charge on any atom is -0.492 e. The smallest absolute Gasteiger partial charge is 0.246 e. The zero-order chi connectivity index (χ0) is 20.3. The van der Waals surface area contributed by atoms with Crippen LogP contribution in [0.5, 0.6) is 11.5 Å². The van der Waals surface area contributed by atoms with Gasteiger partial charge in [-0.1, -0.05) is 60.7 Å². The van der Waals surface area contributed by atoms with Crippen LogP contribution in [0.3, 0.4) is 0 Å². The highest BCUT2D eigenvalue weighted by atomic mass is 16.5. The Balaban J connectivity index is 1.66. The third kappa shape index (κ3) is 6.09. The molecule has 0 aliphatic rings. The Morgan fingerprint density at radius 3 is 2.24 bits per heavy atom. The fraction of sp³-hybridized carbons (Fsp3) is 0.208. The van der Waals surface area contributed by atoms with Gasteiger partial charge in [-0.05, 0) is 36.8 Å². The molecule has 0 fully saturated rings. The zero-order valence-corrected chi connectivity index (χ0v) is 16.5. The van der Waals surface area contributed by atoms with Gasteiger partial charge in [-0.15, -0.1) is 0 Å². The highest BCUT2D eigenvalue weighted by molar-refractivity contribution is 5.96. The van der Waals surface area contributed by atoms with Crippen LogP contribution in [-0.2, 0) is 4.79 Å². The molecule has 5 nitrogen and oxygen atoms in total. The molecule has 0 bridgehead atoms. The normalized spacial score (nSPS) is 11.5. The van der Waals surface area contributed by atoms with E-state index >= 15 is 0 Å². The van der Waals surface area contributed by atoms with Gasteiger partial charge in [0.25, 0.3) is 0 Å². The standard InChI is InChI=1S/C24H26N2O3/c1-2-28-22-16-10-9-15-21(22)26-24(27)23(19-11-5-3-6-12-19)25-17-18-29-20-13-7-4-8-14-20/h3-16,23,25H,2,17-18H2,1H3,(H,26,27)/t23-/m1/s1. The topological polar surface area (TPSA) is 59.6 Å². The second kappa shape index (κ2) is 10.9. The molecule has 3 rings (SSSR count). The van der Waals surface area contributed by atoms with Crippen molar-refractivity contribution in [3.8, 4) is 11.5 Å². The van der Waals surface area contributed by atoms with Gasteiger partial charge in [-0.2, -0.15) is 0 Å². The summed E-state index contributed by atoms with van der Waals surface area (Å²) in [4.78, 5) is 13.1. The maximum absolute atomic E-state index is 13.1. The lowest BCUT2D eigenvalue weighted by Crippen LogP contribution is -2.35. The Morgan fingerprint density at radius 1 is 0.862 bits per heavy atom. The molecule has 0 unspecified atom stereocenters. The first kappa shape index (κ1) is 20.4. The Hall–Kier alpha value is -3.31. The fourth-order valence-electron chi connectivity index (χ4n) is 2.95. The van der Waals surface area contributed by atoms with E-state index in [9.17, 15) is 4.79 Å². The SMILES string of the molecule is CCOc1ccccc1NC(=O)[C@H](NCCOc1ccccc1)c1ccccc1. The maximum Gasteiger partial charge on any atom is 0.246 e. The van der Waals surface area contributed by atoms with Crippen molar-refractivity contribution in [3.05, 3.63) is 90.5 Å². The van der Waals surface area contributed by atoms with E-state index in [0.29, 0.717) is 31.2 Å². The number of amides is 1. The van der Waals surface area contributed by atoms with Crippen LogP contribution in [0.25, 0.3) is 0 Å². The third-order valence-electron chi connectivity index (χ3n) is 4.30. The summed E-state index contributed by atoms with van der Waals surface area (Å²) in [7, 11) is 0. The lowest BCUT2D eigenvalue weighted by Gasteiger charge is -2.20. The summed E-state index contributed by atoms with van der Waals surface area (Å²) in [6.45, 7) is 3.43. The number of ether oxygens (including phenoxy) is 2. The van der Waals surface area contributed by atoms with Gasteiger partial charge in [0.15, 0.2) is 0 Å². The van der Waals surface area contributed by atoms with Gasteiger partial charge in [0.2, 0.25) is 5.91 Å². The van der Waals surface area contributed by atoms with Crippen molar-refractivity contribution in [2.45, 2.75) is 13.0 Å². The van der Waals surface area contributed by atoms with Crippen molar-refractivity contribution in [2.24, 2.45) is 0 Å². The second-order valence-electron chi connectivity index (χ2n) is 6.38. The van der Waals surface area contributed by atoms with E-state index in [-0.39, 0.29) is 5.91 Å². The first-order chi connectivity index (χ1) is 14.3. The van der Waals surface area contributed by atoms with Crippen molar-refractivity contribution in [1.82, 2.24) is 5.32 Å². The third-order valence-corrected chi connectivity index (χ3v) is 4.30. The Labute approximate surface area is 171 Å². The number of anilines is 1. The molecule has 1 atom stereocenters. The number of hydrogen-bond acceptors (Lipinski definition) is 4. The van der Waals surface area contributed by atoms with E-state index < -0.39 is 6.04 Å². The number of carbonyl (C=O) groups excluding carboxylic acids is 1. The first-order valence-corrected chi connectivity index (χ1v) is 9.77. The summed E-state index contributed by atoms with van der Waals surface area (Å²) < 4.78 is 11.3. The van der Waals surface area contributed by atoms with Crippen LogP contribution in [0.15, 0.2) is 84.9 Å². The zero-order valence-electron chi connectivity index (χ0n) is 16.5. The Kier molecular flexibility index (Phi) is 7.66. The number of hydrogen-bond donors (Lipinski definition) is 2. The molecule has 0 radical (unpaired) electrons. The van der Waals surface area contributed by atoms with Crippen LogP contribution in [0, 0.1) is 0 Å². The average molecular weight is 390 g/mol. The van der Waals surface area contributed by atoms with Crippen molar-refractivity contribution >= 4 is 11.6 Å². The molecule has 150 valence electrons. The van der Waals surface area contributed by atoms with Gasteiger partial charge in [0, 0.05) is 6.54 Å². The molecular weight excluding hydrogens is 364 g/mol. The monoisotopic (exact) mass is 390 g/mol. The summed E-state index contributed by atoms with van der Waals surface area (Å²) in [5.74, 6) is 1.31. The second-order valence-corrected chi connectivity index (χ2v) is 6.38. The van der Waals surface area contributed by atoms with Crippen molar-refractivity contribution in [1.29, 1.82) is 0 Å². The molecule has 0 spiro atoms. The maximum atomic E-state index is 13.1. The molecule has 29 heavy (non-hydrogen) atoms. The van der Waals surface area contributed by atoms with E-state index in [0.717, 1.165) is 11.3 Å². The van der Waals surface area contributed by atoms with E-state index in [4.69, 9.17) is 9.47 Å². The van der Waals surface area contributed by atoms with E-state index in [1.165, 1.54) is 0 Å². The molecule has 0 saturated heterocycles. The molecular formula is C24H26N2O3. The number of nitrogens with one attached hydrogen (secondary N) is 2. The lowest BCUT2D eigenvalue weighted by atomic mass is 10.1. The molecule has 5 heteroatoms. The Morgan fingerprint density at radius 2 is 1.52 bits per heavy atom. The summed E-state index contributed by atoms with van der Waals surface area (Å²) >= 11 is 0. The molecule has 0 aromatic heterocycles. The summed E-state index contributed by atoms with van der Waals surface area (Å²) in [6.07, 6.45) is 0. The Bertz CT molecular complexity index is 885. The highest BCUT2D eigenvalue weighted by Crippen LogP contribution is 2.25. The largest absolute Gasteiger partial charge is 0.492 e. The van der Waals surface area contributed by atoms with E-state index in [2.05, 4.69) is 10.6 Å². The van der Waals surface area contributed by atoms with Gasteiger partial charge in [0.1, 0.15) is 24.1 Å². The van der Waals surface area contributed by atoms with Crippen LogP contribution < -0.4 is 20.1 Å². The summed E-state index contributed by atoms with van der Waals surface area (Å²) in [6, 6.07) is 26.2. The molecule has 0 saturated carbocycles. The number of carbonyl (C=O) groups is 1. The summed E-state index contributed by atoms with van der Waals surface area (Å²) in [5.41, 5.74) is 1.54. The van der Waals surface area contributed by atoms with Crippen molar-refractivity contribution in [3.63, 3.8) is 0 Å². The predicted molar refractivity (Wildman–Crippen MR) is 115 cm³/mol. The van der Waals surface area contributed by atoms with Gasteiger partial charge >= 0.3 is 0 Å². The van der Waals surface area contributed by atoms with Crippen LogP contribution >= 0.6 is 0 Å². The number of benzene rings is 3. The predicted octanol–water partition coefficient (Wildman–Crippen LogP) is 4.43. The van der Waals surface area contributed by atoms with Crippen LogP contribution in [0.1, 0.15) is 18.5 Å². The quantitative estimate of drug-likeness (QED) is 0.503. The number of rotatable bonds is 10. The molecule has 0 heterocycles. The van der Waals surface area contributed by atoms with Gasteiger partial charge < -0.3 is 14.8 Å². The molecule has 0 aliphatic heterocycles. The minimum absolute atomic E-state index is 0.150. The molecule has 3 aromatic rings. The van der Waals surface area contributed by atoms with Crippen LogP contribution in [0.2, 0.25) is 0 Å². The first-order valence-electron chi connectivity index (χ1n) is 9.77. The molecule has 3 aromatic carbocycles. The molecule has 0 aliphatic carbocycles. The van der Waals surface area contributed by atoms with Crippen molar-refractivity contribution < 1.29 is 14.3 Å². The average Bonchev–Trinajstić information content (AvgIpc) is 2.76. The van der Waals surface area contributed by atoms with Crippen LogP contribution in [-0.4, -0.2) is 25.7 Å². The van der Waals surface area contributed by atoms with E-state index in [1.807, 2.05) is 91.9 Å². The fourth-order valence-corrected chi connectivity index (χ4v) is 2.95. The summed E-state index contributed by atoms with van der Waals surface area (Å²) in [5, 5.41) is 6.29. The van der Waals surface area contributed by atoms with Gasteiger partial charge in [0.05, 0.1) is 12.3 Å². The highest BCUT2D eigenvalue weighted by Gasteiger charge is 2.21. The van der Waals surface area contributed by atoms with Gasteiger partial charge in [-0.3, -0.25) is 10.1 Å². The van der Waals surface area contributed by atoms with Gasteiger partial charge in [-0.25, -0.2) is 0 Å². The van der Waals surface area contributed by atoms with Crippen molar-refractivity contribution in [2.75, 3.05) is 25.1 Å². The number of para-hydroxylation sites is 3. The lowest BCUT2D eigenvalue weighted by molar-refractivity contribution is -0.118. The molecule has 1 amide bonds. The minimum atomic E-state index is -0.509. The van der Waals surface area contributed by atoms with Crippen LogP contribution in [0.4, 0.5) is 5.69 Å². The molecule has 2 N–H and O–H groups in total. The van der Waals surface area contributed by atoms with E-state index in [1.54, 1.807) is 0 Å².